The van der Waals surface area contributed by atoms with Crippen molar-refractivity contribution in [3.05, 3.63) is 24.3 Å². The van der Waals surface area contributed by atoms with E-state index in [4.69, 9.17) is 14.2 Å². The molecule has 2 aliphatic rings. The van der Waals surface area contributed by atoms with Gasteiger partial charge in [-0.25, -0.2) is 0 Å². The Kier molecular flexibility index (Phi) is 5.49. The van der Waals surface area contributed by atoms with Crippen LogP contribution in [-0.2, 0) is 23.9 Å². The second-order valence-electron chi connectivity index (χ2n) is 5.70. The third-order valence-corrected chi connectivity index (χ3v) is 4.04. The molecule has 0 radical (unpaired) electrons. The molecule has 2 amide bonds. The molecule has 1 aromatic carbocycles. The average Bonchev–Trinajstić information content (AvgIpc) is 2.80. The van der Waals surface area contributed by atoms with E-state index in [1.165, 1.54) is 4.90 Å². The van der Waals surface area contributed by atoms with Gasteiger partial charge in [0.05, 0.1) is 31.9 Å². The highest BCUT2D eigenvalue weighted by Crippen LogP contribution is 2.30. The standard InChI is InChI=1S/C17H20N2O6/c20-15-5-8-24-14-4-2-1-3-13(14)19(15)11-17(22)25-12-16(21)18-6-9-23-10-7-18/h1-4H,5-12H2. The molecule has 0 bridgehead atoms. The number of hydrogen-bond acceptors (Lipinski definition) is 6. The zero-order valence-electron chi connectivity index (χ0n) is 13.8. The van der Waals surface area contributed by atoms with Gasteiger partial charge in [0.2, 0.25) is 5.91 Å². The first-order valence-electron chi connectivity index (χ1n) is 8.18. The molecule has 134 valence electrons. The summed E-state index contributed by atoms with van der Waals surface area (Å²) < 4.78 is 15.8. The number of fused-ring (bicyclic) bond motifs is 1. The summed E-state index contributed by atoms with van der Waals surface area (Å²) in [5, 5.41) is 0. The normalized spacial score (nSPS) is 17.4. The quantitative estimate of drug-likeness (QED) is 0.723. The number of carbonyl (C=O) groups excluding carboxylic acids is 3. The Morgan fingerprint density at radius 1 is 1.12 bits per heavy atom. The third kappa shape index (κ3) is 4.27. The van der Waals surface area contributed by atoms with Gasteiger partial charge < -0.3 is 19.1 Å². The minimum Gasteiger partial charge on any atom is -0.491 e. The molecule has 0 saturated carbocycles. The minimum absolute atomic E-state index is 0.175. The van der Waals surface area contributed by atoms with Crippen molar-refractivity contribution in [2.45, 2.75) is 6.42 Å². The Morgan fingerprint density at radius 3 is 2.68 bits per heavy atom. The highest BCUT2D eigenvalue weighted by atomic mass is 16.5. The highest BCUT2D eigenvalue weighted by molar-refractivity contribution is 5.99. The summed E-state index contributed by atoms with van der Waals surface area (Å²) in [5.74, 6) is -0.568. The van der Waals surface area contributed by atoms with E-state index in [-0.39, 0.29) is 38.0 Å². The van der Waals surface area contributed by atoms with Crippen molar-refractivity contribution < 1.29 is 28.6 Å². The van der Waals surface area contributed by atoms with Crippen LogP contribution in [0.15, 0.2) is 24.3 Å². The molecular weight excluding hydrogens is 328 g/mol. The molecule has 8 heteroatoms. The molecule has 1 saturated heterocycles. The molecular formula is C17H20N2O6. The Hall–Kier alpha value is -2.61. The number of morpholine rings is 1. The van der Waals surface area contributed by atoms with Crippen molar-refractivity contribution in [3.63, 3.8) is 0 Å². The summed E-state index contributed by atoms with van der Waals surface area (Å²) in [6, 6.07) is 7.02. The molecule has 0 atom stereocenters. The van der Waals surface area contributed by atoms with Crippen molar-refractivity contribution >= 4 is 23.5 Å². The maximum atomic E-state index is 12.2. The topological polar surface area (TPSA) is 85.4 Å². The lowest BCUT2D eigenvalue weighted by Gasteiger charge is -2.26. The first-order valence-corrected chi connectivity index (χ1v) is 8.18. The number of anilines is 1. The summed E-state index contributed by atoms with van der Waals surface area (Å²) in [4.78, 5) is 39.3. The van der Waals surface area contributed by atoms with Gasteiger partial charge in [0.1, 0.15) is 12.3 Å². The molecule has 0 spiro atoms. The monoisotopic (exact) mass is 348 g/mol. The zero-order chi connectivity index (χ0) is 17.6. The molecule has 0 N–H and O–H groups in total. The fourth-order valence-electron chi connectivity index (χ4n) is 2.71. The van der Waals surface area contributed by atoms with Crippen LogP contribution in [0, 0.1) is 0 Å². The molecule has 8 nitrogen and oxygen atoms in total. The number of ether oxygens (including phenoxy) is 3. The number of hydrogen-bond donors (Lipinski definition) is 0. The zero-order valence-corrected chi connectivity index (χ0v) is 13.8. The largest absolute Gasteiger partial charge is 0.491 e. The molecule has 0 aliphatic carbocycles. The maximum Gasteiger partial charge on any atom is 0.326 e. The summed E-state index contributed by atoms with van der Waals surface area (Å²) in [6.45, 7) is 1.63. The van der Waals surface area contributed by atoms with E-state index in [1.807, 2.05) is 0 Å². The lowest BCUT2D eigenvalue weighted by atomic mass is 10.2. The molecule has 25 heavy (non-hydrogen) atoms. The number of amides is 2. The molecule has 2 aliphatic heterocycles. The van der Waals surface area contributed by atoms with Gasteiger partial charge in [0.15, 0.2) is 6.61 Å². The number of nitrogens with zero attached hydrogens (tertiary/aromatic N) is 2. The van der Waals surface area contributed by atoms with Crippen LogP contribution < -0.4 is 9.64 Å². The number of rotatable bonds is 4. The van der Waals surface area contributed by atoms with E-state index in [2.05, 4.69) is 0 Å². The summed E-state index contributed by atoms with van der Waals surface area (Å²) in [7, 11) is 0. The van der Waals surface area contributed by atoms with Crippen LogP contribution >= 0.6 is 0 Å². The van der Waals surface area contributed by atoms with E-state index < -0.39 is 5.97 Å². The van der Waals surface area contributed by atoms with Crippen LogP contribution in [-0.4, -0.2) is 68.7 Å². The molecule has 0 unspecified atom stereocenters. The Balaban J connectivity index is 1.58. The summed E-state index contributed by atoms with van der Waals surface area (Å²) >= 11 is 0. The van der Waals surface area contributed by atoms with Crippen LogP contribution in [0.2, 0.25) is 0 Å². The Bertz CT molecular complexity index is 656. The second-order valence-corrected chi connectivity index (χ2v) is 5.70. The number of esters is 1. The number of para-hydroxylation sites is 2. The Morgan fingerprint density at radius 2 is 1.88 bits per heavy atom. The average molecular weight is 348 g/mol. The van der Waals surface area contributed by atoms with E-state index in [0.717, 1.165) is 0 Å². The van der Waals surface area contributed by atoms with Crippen LogP contribution in [0.1, 0.15) is 6.42 Å². The highest BCUT2D eigenvalue weighted by Gasteiger charge is 2.26. The van der Waals surface area contributed by atoms with Crippen molar-refractivity contribution in [1.82, 2.24) is 4.90 Å². The van der Waals surface area contributed by atoms with Gasteiger partial charge in [-0.2, -0.15) is 0 Å². The molecule has 0 aromatic heterocycles. The molecule has 3 rings (SSSR count). The maximum absolute atomic E-state index is 12.2. The van der Waals surface area contributed by atoms with Crippen molar-refractivity contribution in [2.24, 2.45) is 0 Å². The van der Waals surface area contributed by atoms with Gasteiger partial charge in [-0.05, 0) is 12.1 Å². The van der Waals surface area contributed by atoms with Crippen molar-refractivity contribution in [3.8, 4) is 5.75 Å². The van der Waals surface area contributed by atoms with Crippen LogP contribution in [0.4, 0.5) is 5.69 Å². The third-order valence-electron chi connectivity index (χ3n) is 4.04. The molecule has 1 fully saturated rings. The van der Waals surface area contributed by atoms with Gasteiger partial charge >= 0.3 is 5.97 Å². The first kappa shape index (κ1) is 17.2. The van der Waals surface area contributed by atoms with E-state index in [1.54, 1.807) is 29.2 Å². The van der Waals surface area contributed by atoms with Crippen molar-refractivity contribution in [1.29, 1.82) is 0 Å². The van der Waals surface area contributed by atoms with E-state index in [0.29, 0.717) is 37.7 Å². The number of carbonyl (C=O) groups is 3. The Labute approximate surface area is 145 Å². The van der Waals surface area contributed by atoms with Gasteiger partial charge in [0.25, 0.3) is 5.91 Å². The summed E-state index contributed by atoms with van der Waals surface area (Å²) in [5.41, 5.74) is 0.529. The summed E-state index contributed by atoms with van der Waals surface area (Å²) in [6.07, 6.45) is 0.175. The lowest BCUT2D eigenvalue weighted by molar-refractivity contribution is -0.152. The van der Waals surface area contributed by atoms with Gasteiger partial charge in [-0.15, -0.1) is 0 Å². The van der Waals surface area contributed by atoms with Gasteiger partial charge in [-0.1, -0.05) is 12.1 Å². The van der Waals surface area contributed by atoms with Crippen LogP contribution in [0.5, 0.6) is 5.75 Å². The second kappa shape index (κ2) is 7.98. The van der Waals surface area contributed by atoms with E-state index in [9.17, 15) is 14.4 Å². The van der Waals surface area contributed by atoms with Crippen LogP contribution in [0.25, 0.3) is 0 Å². The number of benzene rings is 1. The van der Waals surface area contributed by atoms with Gasteiger partial charge in [0, 0.05) is 13.1 Å². The molecule has 1 aromatic rings. The van der Waals surface area contributed by atoms with Crippen LogP contribution in [0.3, 0.4) is 0 Å². The lowest BCUT2D eigenvalue weighted by Crippen LogP contribution is -2.43. The van der Waals surface area contributed by atoms with Crippen molar-refractivity contribution in [2.75, 3.05) is 51.0 Å². The fourth-order valence-corrected chi connectivity index (χ4v) is 2.71. The predicted molar refractivity (Wildman–Crippen MR) is 87.3 cm³/mol. The van der Waals surface area contributed by atoms with Gasteiger partial charge in [-0.3, -0.25) is 19.3 Å². The predicted octanol–water partition coefficient (Wildman–Crippen LogP) is 0.204. The minimum atomic E-state index is -0.633. The first-order chi connectivity index (χ1) is 12.1. The smallest absolute Gasteiger partial charge is 0.326 e. The SMILES string of the molecule is O=C(CN1C(=O)CCOc2ccccc21)OCC(=O)N1CCOCC1. The molecule has 2 heterocycles. The van der Waals surface area contributed by atoms with E-state index >= 15 is 0 Å². The fraction of sp³-hybridized carbons (Fsp3) is 0.471.